The van der Waals surface area contributed by atoms with Gasteiger partial charge in [-0.05, 0) is 44.5 Å². The van der Waals surface area contributed by atoms with Crippen LogP contribution in [0.1, 0.15) is 20.3 Å². The van der Waals surface area contributed by atoms with E-state index in [1.807, 2.05) is 0 Å². The van der Waals surface area contributed by atoms with Gasteiger partial charge in [0.1, 0.15) is 11.6 Å². The molecule has 0 radical (unpaired) electrons. The Labute approximate surface area is 158 Å². The normalized spacial score (nSPS) is 12.5. The molecule has 0 saturated heterocycles. The second kappa shape index (κ2) is 9.43. The maximum Gasteiger partial charge on any atom is 0.234 e. The summed E-state index contributed by atoms with van der Waals surface area (Å²) in [5.74, 6) is -4.06. The Balaban J connectivity index is 2.12. The number of hydrogen-bond acceptors (Lipinski definition) is 4. The van der Waals surface area contributed by atoms with Gasteiger partial charge in [-0.3, -0.25) is 19.2 Å². The van der Waals surface area contributed by atoms with Gasteiger partial charge in [0, 0.05) is 11.4 Å². The van der Waals surface area contributed by atoms with Gasteiger partial charge in [0.15, 0.2) is 0 Å². The fraction of sp³-hybridized carbons (Fsp3) is 0.238. The number of carbonyl (C=O) groups is 4. The Morgan fingerprint density at radius 1 is 0.667 bits per heavy atom. The summed E-state index contributed by atoms with van der Waals surface area (Å²) in [5, 5.41) is 5.31. The van der Waals surface area contributed by atoms with Crippen molar-refractivity contribution in [2.45, 2.75) is 20.3 Å². The number of nitrogens with one attached hydrogen (secondary N) is 2. The number of para-hydroxylation sites is 2. The molecule has 0 saturated carbocycles. The van der Waals surface area contributed by atoms with Crippen LogP contribution in [0.25, 0.3) is 0 Å². The van der Waals surface area contributed by atoms with Crippen LogP contribution in [0.15, 0.2) is 60.7 Å². The first-order chi connectivity index (χ1) is 12.9. The third kappa shape index (κ3) is 5.88. The van der Waals surface area contributed by atoms with Crippen molar-refractivity contribution in [2.75, 3.05) is 10.6 Å². The van der Waals surface area contributed by atoms with E-state index in [1.54, 1.807) is 60.7 Å². The molecule has 6 heteroatoms. The number of benzene rings is 2. The molecule has 0 aliphatic carbocycles. The number of anilines is 2. The van der Waals surface area contributed by atoms with Crippen LogP contribution in [-0.2, 0) is 19.2 Å². The van der Waals surface area contributed by atoms with Crippen LogP contribution in [0.3, 0.4) is 0 Å². The lowest BCUT2D eigenvalue weighted by Crippen LogP contribution is -2.36. The van der Waals surface area contributed by atoms with Crippen molar-refractivity contribution >= 4 is 34.8 Å². The molecule has 0 unspecified atom stereocenters. The molecule has 140 valence electrons. The summed E-state index contributed by atoms with van der Waals surface area (Å²) >= 11 is 0. The van der Waals surface area contributed by atoms with Crippen LogP contribution in [0, 0.1) is 11.8 Å². The van der Waals surface area contributed by atoms with Crippen LogP contribution in [0.5, 0.6) is 0 Å². The highest BCUT2D eigenvalue weighted by molar-refractivity contribution is 6.10. The van der Waals surface area contributed by atoms with Gasteiger partial charge in [-0.25, -0.2) is 0 Å². The predicted octanol–water partition coefficient (Wildman–Crippen LogP) is 3.06. The first kappa shape index (κ1) is 20.0. The van der Waals surface area contributed by atoms with E-state index in [0.717, 1.165) is 0 Å². The van der Waals surface area contributed by atoms with Gasteiger partial charge < -0.3 is 10.6 Å². The van der Waals surface area contributed by atoms with E-state index in [0.29, 0.717) is 11.4 Å². The fourth-order valence-corrected chi connectivity index (χ4v) is 2.65. The van der Waals surface area contributed by atoms with Crippen molar-refractivity contribution in [3.05, 3.63) is 60.7 Å². The first-order valence-corrected chi connectivity index (χ1v) is 8.61. The van der Waals surface area contributed by atoms with E-state index >= 15 is 0 Å². The zero-order valence-electron chi connectivity index (χ0n) is 15.3. The standard InChI is InChI=1S/C21H22N2O4/c1-14(24)18(20(26)22-16-9-5-3-6-10-16)13-19(15(2)25)21(27)23-17-11-7-4-8-12-17/h3-12,18-19H,13H2,1-2H3,(H,22,26)(H,23,27)/t18-,19-/m1/s1. The maximum atomic E-state index is 12.5. The zero-order chi connectivity index (χ0) is 19.8. The Morgan fingerprint density at radius 3 is 1.30 bits per heavy atom. The highest BCUT2D eigenvalue weighted by Crippen LogP contribution is 2.20. The smallest absolute Gasteiger partial charge is 0.234 e. The SMILES string of the molecule is CC(=O)[C@@H](C[C@H](C(C)=O)C(=O)Nc1ccccc1)C(=O)Nc1ccccc1. The van der Waals surface area contributed by atoms with Gasteiger partial charge >= 0.3 is 0 Å². The molecule has 2 amide bonds. The molecule has 0 aliphatic rings. The Morgan fingerprint density at radius 2 is 1.00 bits per heavy atom. The molecule has 2 N–H and O–H groups in total. The van der Waals surface area contributed by atoms with Crippen molar-refractivity contribution < 1.29 is 19.2 Å². The molecule has 0 bridgehead atoms. The molecular formula is C21H22N2O4. The third-order valence-electron chi connectivity index (χ3n) is 4.17. The van der Waals surface area contributed by atoms with Crippen molar-refractivity contribution in [1.29, 1.82) is 0 Å². The highest BCUT2D eigenvalue weighted by atomic mass is 16.2. The number of Topliss-reactive ketones (excluding diaryl/α,β-unsaturated/α-hetero) is 2. The molecule has 2 aromatic carbocycles. The molecule has 2 rings (SSSR count). The van der Waals surface area contributed by atoms with Gasteiger partial charge in [0.05, 0.1) is 11.8 Å². The summed E-state index contributed by atoms with van der Waals surface area (Å²) in [6, 6.07) is 17.4. The molecule has 27 heavy (non-hydrogen) atoms. The van der Waals surface area contributed by atoms with Crippen LogP contribution in [0.2, 0.25) is 0 Å². The summed E-state index contributed by atoms with van der Waals surface area (Å²) in [5.41, 5.74) is 1.09. The fourth-order valence-electron chi connectivity index (χ4n) is 2.65. The van der Waals surface area contributed by atoms with Crippen molar-refractivity contribution in [3.8, 4) is 0 Å². The van der Waals surface area contributed by atoms with Gasteiger partial charge in [-0.1, -0.05) is 36.4 Å². The molecule has 0 aromatic heterocycles. The molecule has 2 aromatic rings. The minimum absolute atomic E-state index is 0.179. The zero-order valence-corrected chi connectivity index (χ0v) is 15.3. The second-order valence-electron chi connectivity index (χ2n) is 6.27. The summed E-state index contributed by atoms with van der Waals surface area (Å²) in [6.07, 6.45) is -0.179. The molecule has 0 fully saturated rings. The molecule has 0 heterocycles. The average Bonchev–Trinajstić information content (AvgIpc) is 2.63. The number of rotatable bonds is 8. The van der Waals surface area contributed by atoms with Crippen LogP contribution >= 0.6 is 0 Å². The summed E-state index contributed by atoms with van der Waals surface area (Å²) < 4.78 is 0. The topological polar surface area (TPSA) is 92.3 Å². The minimum atomic E-state index is -1.10. The lowest BCUT2D eigenvalue weighted by molar-refractivity contribution is -0.133. The van der Waals surface area contributed by atoms with E-state index in [1.165, 1.54) is 13.8 Å². The van der Waals surface area contributed by atoms with Gasteiger partial charge in [0.25, 0.3) is 0 Å². The lowest BCUT2D eigenvalue weighted by atomic mass is 9.88. The molecule has 6 nitrogen and oxygen atoms in total. The van der Waals surface area contributed by atoms with Crippen LogP contribution < -0.4 is 10.6 Å². The molecule has 0 aliphatic heterocycles. The summed E-state index contributed by atoms with van der Waals surface area (Å²) in [7, 11) is 0. The third-order valence-corrected chi connectivity index (χ3v) is 4.17. The van der Waals surface area contributed by atoms with E-state index < -0.39 is 35.2 Å². The lowest BCUT2D eigenvalue weighted by Gasteiger charge is -2.19. The van der Waals surface area contributed by atoms with E-state index in [9.17, 15) is 19.2 Å². The van der Waals surface area contributed by atoms with Crippen molar-refractivity contribution in [3.63, 3.8) is 0 Å². The van der Waals surface area contributed by atoms with Gasteiger partial charge in [0.2, 0.25) is 11.8 Å². The first-order valence-electron chi connectivity index (χ1n) is 8.61. The molecule has 0 spiro atoms. The Bertz CT molecular complexity index is 749. The number of ketones is 2. The van der Waals surface area contributed by atoms with Crippen LogP contribution in [-0.4, -0.2) is 23.4 Å². The Kier molecular flexibility index (Phi) is 7.00. The van der Waals surface area contributed by atoms with Crippen LogP contribution in [0.4, 0.5) is 11.4 Å². The second-order valence-corrected chi connectivity index (χ2v) is 6.27. The summed E-state index contributed by atoms with van der Waals surface area (Å²) in [4.78, 5) is 49.1. The van der Waals surface area contributed by atoms with Gasteiger partial charge in [-0.2, -0.15) is 0 Å². The highest BCUT2D eigenvalue weighted by Gasteiger charge is 2.33. The largest absolute Gasteiger partial charge is 0.325 e. The number of amides is 2. The van der Waals surface area contributed by atoms with E-state index in [-0.39, 0.29) is 6.42 Å². The summed E-state index contributed by atoms with van der Waals surface area (Å²) in [6.45, 7) is 2.56. The maximum absolute atomic E-state index is 12.5. The average molecular weight is 366 g/mol. The number of carbonyl (C=O) groups excluding carboxylic acids is 4. The van der Waals surface area contributed by atoms with Gasteiger partial charge in [-0.15, -0.1) is 0 Å². The molecular weight excluding hydrogens is 344 g/mol. The monoisotopic (exact) mass is 366 g/mol. The predicted molar refractivity (Wildman–Crippen MR) is 103 cm³/mol. The quantitative estimate of drug-likeness (QED) is 0.702. The number of hydrogen-bond donors (Lipinski definition) is 2. The van der Waals surface area contributed by atoms with E-state index in [2.05, 4.69) is 10.6 Å². The minimum Gasteiger partial charge on any atom is -0.325 e. The molecule has 2 atom stereocenters. The van der Waals surface area contributed by atoms with Crippen molar-refractivity contribution in [2.24, 2.45) is 11.8 Å². The van der Waals surface area contributed by atoms with Crippen molar-refractivity contribution in [1.82, 2.24) is 0 Å². The van der Waals surface area contributed by atoms with E-state index in [4.69, 9.17) is 0 Å². The Hall–Kier alpha value is -3.28.